The Hall–Kier alpha value is -3.44. The first kappa shape index (κ1) is 25.6. The molecule has 0 radical (unpaired) electrons. The highest BCUT2D eigenvalue weighted by Crippen LogP contribution is 2.28. The van der Waals surface area contributed by atoms with Crippen molar-refractivity contribution >= 4 is 22.7 Å². The van der Waals surface area contributed by atoms with E-state index in [0.717, 1.165) is 54.5 Å². The molecule has 1 aliphatic rings. The summed E-state index contributed by atoms with van der Waals surface area (Å²) in [5.74, 6) is 2.44. The summed E-state index contributed by atoms with van der Waals surface area (Å²) in [5, 5.41) is 8.40. The van der Waals surface area contributed by atoms with Crippen LogP contribution in [-0.4, -0.2) is 36.6 Å². The van der Waals surface area contributed by atoms with E-state index in [9.17, 15) is 0 Å². The van der Waals surface area contributed by atoms with Gasteiger partial charge in [0.25, 0.3) is 0 Å². The minimum atomic E-state index is 0. The van der Waals surface area contributed by atoms with Crippen molar-refractivity contribution in [1.82, 2.24) is 15.3 Å². The highest BCUT2D eigenvalue weighted by Gasteiger charge is 2.22. The summed E-state index contributed by atoms with van der Waals surface area (Å²) < 4.78 is 0. The zero-order valence-corrected chi connectivity index (χ0v) is 20.7. The van der Waals surface area contributed by atoms with Gasteiger partial charge in [-0.2, -0.15) is 4.98 Å². The summed E-state index contributed by atoms with van der Waals surface area (Å²) in [5.41, 5.74) is 4.87. The standard InChI is InChI=1S/C30H35N5.CH4/c1-35(2)29-27-10-6-7-11-28(27)33-30(34-29)32-26-18-14-23(15-19-26)21-31-20-22-12-16-25(17-13-22)24-8-4-3-5-9-24;/h3-13,16-17,23,26,31H,14-15,18-21H2,1-2H3,(H,32,33,34);1H4. The topological polar surface area (TPSA) is 53.1 Å². The average molecular weight is 482 g/mol. The van der Waals surface area contributed by atoms with E-state index < -0.39 is 0 Å². The number of fused-ring (bicyclic) bond motifs is 1. The molecule has 188 valence electrons. The smallest absolute Gasteiger partial charge is 0.225 e. The lowest BCUT2D eigenvalue weighted by atomic mass is 9.86. The predicted molar refractivity (Wildman–Crippen MR) is 154 cm³/mol. The molecule has 1 aromatic heterocycles. The van der Waals surface area contributed by atoms with E-state index in [1.165, 1.54) is 29.5 Å². The van der Waals surface area contributed by atoms with Crippen molar-refractivity contribution in [2.45, 2.75) is 45.7 Å². The lowest BCUT2D eigenvalue weighted by Crippen LogP contribution is -2.31. The first-order chi connectivity index (χ1) is 17.2. The number of hydrogen-bond donors (Lipinski definition) is 2. The van der Waals surface area contributed by atoms with Gasteiger partial charge in [-0.1, -0.05) is 74.2 Å². The van der Waals surface area contributed by atoms with E-state index in [1.807, 2.05) is 26.2 Å². The number of rotatable bonds is 8. The van der Waals surface area contributed by atoms with E-state index in [2.05, 4.69) is 82.3 Å². The first-order valence-electron chi connectivity index (χ1n) is 12.7. The molecule has 0 unspecified atom stereocenters. The number of anilines is 2. The van der Waals surface area contributed by atoms with Gasteiger partial charge in [0.05, 0.1) is 5.52 Å². The van der Waals surface area contributed by atoms with Crippen LogP contribution in [0, 0.1) is 5.92 Å². The van der Waals surface area contributed by atoms with Crippen LogP contribution in [0.25, 0.3) is 22.0 Å². The molecular weight excluding hydrogens is 442 g/mol. The average Bonchev–Trinajstić information content (AvgIpc) is 2.90. The Kier molecular flexibility index (Phi) is 8.55. The van der Waals surface area contributed by atoms with Crippen molar-refractivity contribution in [3.63, 3.8) is 0 Å². The Morgan fingerprint density at radius 3 is 2.17 bits per heavy atom. The fourth-order valence-corrected chi connectivity index (χ4v) is 5.03. The van der Waals surface area contributed by atoms with Gasteiger partial charge in [0, 0.05) is 32.1 Å². The molecule has 1 heterocycles. The lowest BCUT2D eigenvalue weighted by Gasteiger charge is -2.29. The molecular formula is C31H39N5. The van der Waals surface area contributed by atoms with Crippen LogP contribution in [0.3, 0.4) is 0 Å². The predicted octanol–water partition coefficient (Wildman–Crippen LogP) is 6.76. The summed E-state index contributed by atoms with van der Waals surface area (Å²) in [4.78, 5) is 11.7. The third-order valence-electron chi connectivity index (χ3n) is 7.01. The van der Waals surface area contributed by atoms with Crippen molar-refractivity contribution in [3.8, 4) is 11.1 Å². The number of para-hydroxylation sites is 1. The zero-order chi connectivity index (χ0) is 24.0. The maximum absolute atomic E-state index is 4.81. The van der Waals surface area contributed by atoms with Gasteiger partial charge in [-0.15, -0.1) is 0 Å². The minimum Gasteiger partial charge on any atom is -0.362 e. The molecule has 3 aromatic carbocycles. The summed E-state index contributed by atoms with van der Waals surface area (Å²) in [7, 11) is 4.07. The van der Waals surface area contributed by atoms with Gasteiger partial charge >= 0.3 is 0 Å². The van der Waals surface area contributed by atoms with Crippen molar-refractivity contribution in [2.75, 3.05) is 30.9 Å². The number of aromatic nitrogens is 2. The van der Waals surface area contributed by atoms with E-state index in [4.69, 9.17) is 9.97 Å². The van der Waals surface area contributed by atoms with E-state index in [0.29, 0.717) is 6.04 Å². The van der Waals surface area contributed by atoms with Crippen molar-refractivity contribution < 1.29 is 0 Å². The quantitative estimate of drug-likeness (QED) is 0.291. The third kappa shape index (κ3) is 6.21. The van der Waals surface area contributed by atoms with Gasteiger partial charge in [0.1, 0.15) is 5.82 Å². The fourth-order valence-electron chi connectivity index (χ4n) is 5.03. The van der Waals surface area contributed by atoms with Crippen LogP contribution in [0.1, 0.15) is 38.7 Å². The fraction of sp³-hybridized carbons (Fsp3) is 0.355. The second kappa shape index (κ2) is 12.0. The molecule has 0 amide bonds. The molecule has 5 rings (SSSR count). The molecule has 4 aromatic rings. The molecule has 1 aliphatic carbocycles. The maximum atomic E-state index is 4.81. The highest BCUT2D eigenvalue weighted by molar-refractivity contribution is 5.90. The molecule has 2 N–H and O–H groups in total. The van der Waals surface area contributed by atoms with Crippen LogP contribution < -0.4 is 15.5 Å². The second-order valence-corrected chi connectivity index (χ2v) is 9.84. The van der Waals surface area contributed by atoms with Gasteiger partial charge in [0.2, 0.25) is 5.95 Å². The van der Waals surface area contributed by atoms with E-state index >= 15 is 0 Å². The summed E-state index contributed by atoms with van der Waals surface area (Å²) in [6.45, 7) is 2.00. The van der Waals surface area contributed by atoms with Crippen molar-refractivity contribution in [2.24, 2.45) is 5.92 Å². The number of benzene rings is 3. The molecule has 5 nitrogen and oxygen atoms in total. The van der Waals surface area contributed by atoms with Crippen LogP contribution in [0.5, 0.6) is 0 Å². The summed E-state index contributed by atoms with van der Waals surface area (Å²) in [6, 6.07) is 28.1. The Morgan fingerprint density at radius 2 is 1.44 bits per heavy atom. The monoisotopic (exact) mass is 481 g/mol. The molecule has 1 saturated carbocycles. The molecule has 0 saturated heterocycles. The first-order valence-corrected chi connectivity index (χ1v) is 12.7. The van der Waals surface area contributed by atoms with Gasteiger partial charge in [0.15, 0.2) is 0 Å². The number of hydrogen-bond acceptors (Lipinski definition) is 5. The van der Waals surface area contributed by atoms with Gasteiger partial charge in [-0.3, -0.25) is 0 Å². The molecule has 36 heavy (non-hydrogen) atoms. The minimum absolute atomic E-state index is 0. The van der Waals surface area contributed by atoms with Crippen LogP contribution in [-0.2, 0) is 6.54 Å². The van der Waals surface area contributed by atoms with Crippen molar-refractivity contribution in [1.29, 1.82) is 0 Å². The lowest BCUT2D eigenvalue weighted by molar-refractivity contribution is 0.324. The van der Waals surface area contributed by atoms with Crippen LogP contribution in [0.15, 0.2) is 78.9 Å². The van der Waals surface area contributed by atoms with Crippen molar-refractivity contribution in [3.05, 3.63) is 84.4 Å². The molecule has 0 spiro atoms. The Labute approximate surface area is 216 Å². The van der Waals surface area contributed by atoms with E-state index in [-0.39, 0.29) is 7.43 Å². The molecule has 0 bridgehead atoms. The normalized spacial score (nSPS) is 17.4. The molecule has 1 fully saturated rings. The Balaban J connectivity index is 0.00000304. The van der Waals surface area contributed by atoms with Crippen LogP contribution >= 0.6 is 0 Å². The number of nitrogens with zero attached hydrogens (tertiary/aromatic N) is 3. The second-order valence-electron chi connectivity index (χ2n) is 9.84. The highest BCUT2D eigenvalue weighted by atomic mass is 15.2. The van der Waals surface area contributed by atoms with Gasteiger partial charge in [-0.05, 0) is 67.0 Å². The number of nitrogens with one attached hydrogen (secondary N) is 2. The van der Waals surface area contributed by atoms with Gasteiger partial charge in [-0.25, -0.2) is 4.98 Å². The summed E-state index contributed by atoms with van der Waals surface area (Å²) in [6.07, 6.45) is 4.77. The maximum Gasteiger partial charge on any atom is 0.225 e. The van der Waals surface area contributed by atoms with E-state index in [1.54, 1.807) is 0 Å². The SMILES string of the molecule is C.CN(C)c1nc(NC2CCC(CNCc3ccc(-c4ccccc4)cc3)CC2)nc2ccccc12. The van der Waals surface area contributed by atoms with Gasteiger partial charge < -0.3 is 15.5 Å². The Bertz CT molecular complexity index is 1230. The third-order valence-corrected chi connectivity index (χ3v) is 7.01. The Morgan fingerprint density at radius 1 is 0.778 bits per heavy atom. The largest absolute Gasteiger partial charge is 0.362 e. The summed E-state index contributed by atoms with van der Waals surface area (Å²) >= 11 is 0. The van der Waals surface area contributed by atoms with Crippen LogP contribution in [0.4, 0.5) is 11.8 Å². The molecule has 0 aliphatic heterocycles. The molecule has 5 heteroatoms. The zero-order valence-electron chi connectivity index (χ0n) is 20.7. The molecule has 0 atom stereocenters. The van der Waals surface area contributed by atoms with Crippen LogP contribution in [0.2, 0.25) is 0 Å².